The molecule has 1 unspecified atom stereocenters. The quantitative estimate of drug-likeness (QED) is 0.404. The number of aromatic nitrogens is 1. The molecule has 0 spiro atoms. The number of amides is 1. The number of thiophene rings is 1. The van der Waals surface area contributed by atoms with Gasteiger partial charge in [-0.05, 0) is 50.1 Å². The number of carbonyl (C=O) groups is 1. The SMILES string of the molecule is CC(C)N1CCc2c(sc(NC(=O)C3COc4ccccc4O3)c2-c2nc3ccccc3s2)C1. The number of rotatable bonds is 4. The second-order valence-electron chi connectivity index (χ2n) is 8.86. The molecule has 0 fully saturated rings. The lowest BCUT2D eigenvalue weighted by Crippen LogP contribution is -2.40. The van der Waals surface area contributed by atoms with Gasteiger partial charge in [0.15, 0.2) is 11.5 Å². The summed E-state index contributed by atoms with van der Waals surface area (Å²) in [6, 6.07) is 16.1. The van der Waals surface area contributed by atoms with Crippen molar-refractivity contribution in [2.45, 2.75) is 39.0 Å². The Balaban J connectivity index is 1.35. The predicted molar refractivity (Wildman–Crippen MR) is 137 cm³/mol. The van der Waals surface area contributed by atoms with E-state index in [4.69, 9.17) is 14.5 Å². The van der Waals surface area contributed by atoms with Crippen molar-refractivity contribution in [3.63, 3.8) is 0 Å². The van der Waals surface area contributed by atoms with Gasteiger partial charge in [0.2, 0.25) is 6.10 Å². The molecule has 4 heterocycles. The van der Waals surface area contributed by atoms with E-state index < -0.39 is 6.10 Å². The molecule has 6 nitrogen and oxygen atoms in total. The highest BCUT2D eigenvalue weighted by molar-refractivity contribution is 7.22. The summed E-state index contributed by atoms with van der Waals surface area (Å²) < 4.78 is 12.9. The van der Waals surface area contributed by atoms with E-state index in [2.05, 4.69) is 30.1 Å². The Kier molecular flexibility index (Phi) is 5.51. The van der Waals surface area contributed by atoms with Crippen LogP contribution in [0.2, 0.25) is 0 Å². The zero-order valence-electron chi connectivity index (χ0n) is 19.0. The van der Waals surface area contributed by atoms with Crippen LogP contribution in [0.25, 0.3) is 20.8 Å². The molecule has 0 aliphatic carbocycles. The van der Waals surface area contributed by atoms with Gasteiger partial charge in [0.1, 0.15) is 16.6 Å². The van der Waals surface area contributed by atoms with Gasteiger partial charge in [-0.25, -0.2) is 4.98 Å². The first-order valence-corrected chi connectivity index (χ1v) is 13.1. The van der Waals surface area contributed by atoms with Gasteiger partial charge in [-0.15, -0.1) is 22.7 Å². The maximum atomic E-state index is 13.3. The molecule has 2 aromatic carbocycles. The van der Waals surface area contributed by atoms with Gasteiger partial charge < -0.3 is 14.8 Å². The maximum absolute atomic E-state index is 13.3. The van der Waals surface area contributed by atoms with E-state index in [1.807, 2.05) is 42.5 Å². The summed E-state index contributed by atoms with van der Waals surface area (Å²) in [6.45, 7) is 6.54. The van der Waals surface area contributed by atoms with Gasteiger partial charge in [-0.3, -0.25) is 9.69 Å². The lowest BCUT2D eigenvalue weighted by atomic mass is 10.0. The van der Waals surface area contributed by atoms with Crippen LogP contribution >= 0.6 is 22.7 Å². The summed E-state index contributed by atoms with van der Waals surface area (Å²) in [5.41, 5.74) is 3.36. The third-order valence-corrected chi connectivity index (χ3v) is 8.55. The van der Waals surface area contributed by atoms with E-state index in [1.165, 1.54) is 10.4 Å². The Hall–Kier alpha value is -2.94. The fraction of sp³-hybridized carbons (Fsp3) is 0.308. The summed E-state index contributed by atoms with van der Waals surface area (Å²) >= 11 is 3.34. The summed E-state index contributed by atoms with van der Waals surface area (Å²) in [5.74, 6) is 1.07. The van der Waals surface area contributed by atoms with Gasteiger partial charge in [0.05, 0.1) is 10.2 Å². The van der Waals surface area contributed by atoms with Crippen molar-refractivity contribution < 1.29 is 14.3 Å². The molecule has 1 amide bonds. The number of ether oxygens (including phenoxy) is 2. The monoisotopic (exact) mass is 491 g/mol. The Morgan fingerprint density at radius 2 is 1.91 bits per heavy atom. The van der Waals surface area contributed by atoms with Crippen LogP contribution in [0.1, 0.15) is 24.3 Å². The molecule has 2 aliphatic heterocycles. The van der Waals surface area contributed by atoms with Crippen LogP contribution in [0.4, 0.5) is 5.00 Å². The van der Waals surface area contributed by atoms with Crippen molar-refractivity contribution in [3.8, 4) is 22.1 Å². The predicted octanol–water partition coefficient (Wildman–Crippen LogP) is 5.57. The number of fused-ring (bicyclic) bond motifs is 3. The van der Waals surface area contributed by atoms with Gasteiger partial charge in [0.25, 0.3) is 5.91 Å². The van der Waals surface area contributed by atoms with E-state index in [0.717, 1.165) is 45.3 Å². The van der Waals surface area contributed by atoms with Gasteiger partial charge in [-0.2, -0.15) is 0 Å². The second kappa shape index (κ2) is 8.69. The van der Waals surface area contributed by atoms with Crippen LogP contribution in [-0.2, 0) is 17.8 Å². The second-order valence-corrected chi connectivity index (χ2v) is 11.0. The lowest BCUT2D eigenvalue weighted by Gasteiger charge is -2.30. The smallest absolute Gasteiger partial charge is 0.269 e. The first kappa shape index (κ1) is 21.6. The number of carbonyl (C=O) groups excluding carboxylic acids is 1. The number of nitrogens with zero attached hydrogens (tertiary/aromatic N) is 2. The molecule has 2 aromatic heterocycles. The highest BCUT2D eigenvalue weighted by atomic mass is 32.1. The van der Waals surface area contributed by atoms with E-state index >= 15 is 0 Å². The van der Waals surface area contributed by atoms with Crippen LogP contribution < -0.4 is 14.8 Å². The van der Waals surface area contributed by atoms with Crippen molar-refractivity contribution in [2.75, 3.05) is 18.5 Å². The van der Waals surface area contributed by atoms with Crippen LogP contribution in [0.5, 0.6) is 11.5 Å². The number of hydrogen-bond acceptors (Lipinski definition) is 7. The first-order valence-electron chi connectivity index (χ1n) is 11.5. The molecule has 1 atom stereocenters. The summed E-state index contributed by atoms with van der Waals surface area (Å²) in [7, 11) is 0. The molecule has 8 heteroatoms. The molecule has 1 N–H and O–H groups in total. The van der Waals surface area contributed by atoms with E-state index in [9.17, 15) is 4.79 Å². The Morgan fingerprint density at radius 1 is 1.12 bits per heavy atom. The average Bonchev–Trinajstić information content (AvgIpc) is 3.43. The zero-order chi connectivity index (χ0) is 23.2. The van der Waals surface area contributed by atoms with E-state index in [-0.39, 0.29) is 12.5 Å². The van der Waals surface area contributed by atoms with Gasteiger partial charge in [0, 0.05) is 29.6 Å². The third-order valence-electron chi connectivity index (χ3n) is 6.36. The molecule has 0 saturated carbocycles. The third kappa shape index (κ3) is 3.85. The highest BCUT2D eigenvalue weighted by Gasteiger charge is 2.32. The minimum Gasteiger partial charge on any atom is -0.485 e. The van der Waals surface area contributed by atoms with E-state index in [1.54, 1.807) is 22.7 Å². The Bertz CT molecular complexity index is 1340. The molecule has 174 valence electrons. The van der Waals surface area contributed by atoms with Gasteiger partial charge in [-0.1, -0.05) is 24.3 Å². The topological polar surface area (TPSA) is 63.7 Å². The molecule has 6 rings (SSSR count). The Morgan fingerprint density at radius 3 is 2.74 bits per heavy atom. The number of thiazole rings is 1. The van der Waals surface area contributed by atoms with Crippen molar-refractivity contribution in [1.29, 1.82) is 0 Å². The molecular weight excluding hydrogens is 466 g/mol. The van der Waals surface area contributed by atoms with Crippen LogP contribution in [-0.4, -0.2) is 41.1 Å². The highest BCUT2D eigenvalue weighted by Crippen LogP contribution is 2.46. The van der Waals surface area contributed by atoms with E-state index in [0.29, 0.717) is 17.5 Å². The average molecular weight is 492 g/mol. The van der Waals surface area contributed by atoms with Crippen molar-refractivity contribution >= 4 is 43.8 Å². The number of benzene rings is 2. The lowest BCUT2D eigenvalue weighted by molar-refractivity contribution is -0.125. The molecule has 0 radical (unpaired) electrons. The molecule has 0 saturated heterocycles. The van der Waals surface area contributed by atoms with Crippen molar-refractivity contribution in [1.82, 2.24) is 9.88 Å². The Labute approximate surface area is 206 Å². The normalized spacial score (nSPS) is 17.7. The number of nitrogens with one attached hydrogen (secondary N) is 1. The number of para-hydroxylation sites is 3. The zero-order valence-corrected chi connectivity index (χ0v) is 20.7. The summed E-state index contributed by atoms with van der Waals surface area (Å²) in [4.78, 5) is 22.0. The first-order chi connectivity index (χ1) is 16.6. The van der Waals surface area contributed by atoms with Crippen LogP contribution in [0.15, 0.2) is 48.5 Å². The van der Waals surface area contributed by atoms with Crippen molar-refractivity contribution in [2.24, 2.45) is 0 Å². The largest absolute Gasteiger partial charge is 0.485 e. The molecular formula is C26H25N3O3S2. The van der Waals surface area contributed by atoms with Crippen LogP contribution in [0, 0.1) is 0 Å². The molecule has 4 aromatic rings. The fourth-order valence-electron chi connectivity index (χ4n) is 4.50. The summed E-state index contributed by atoms with van der Waals surface area (Å²) in [5, 5.41) is 4.98. The molecule has 0 bridgehead atoms. The number of anilines is 1. The molecule has 2 aliphatic rings. The maximum Gasteiger partial charge on any atom is 0.269 e. The fourth-order valence-corrected chi connectivity index (χ4v) is 6.89. The summed E-state index contributed by atoms with van der Waals surface area (Å²) in [6.07, 6.45) is 0.242. The minimum atomic E-state index is -0.704. The minimum absolute atomic E-state index is 0.186. The van der Waals surface area contributed by atoms with Gasteiger partial charge >= 0.3 is 0 Å². The van der Waals surface area contributed by atoms with Crippen LogP contribution in [0.3, 0.4) is 0 Å². The number of hydrogen-bond donors (Lipinski definition) is 1. The standard InChI is InChI=1S/C26H25N3O3S2/c1-15(2)29-12-11-16-22(13-29)34-26(23(16)25-27-17-7-3-6-10-21(17)33-25)28-24(30)20-14-31-18-8-4-5-9-19(18)32-20/h3-10,15,20H,11-14H2,1-2H3,(H,28,30). The molecule has 34 heavy (non-hydrogen) atoms. The van der Waals surface area contributed by atoms with Crippen molar-refractivity contribution in [3.05, 3.63) is 59.0 Å².